The highest BCUT2D eigenvalue weighted by Crippen LogP contribution is 2.23. The Labute approximate surface area is 217 Å². The fourth-order valence-electron chi connectivity index (χ4n) is 4.27. The number of aromatic amines is 1. The van der Waals surface area contributed by atoms with Gasteiger partial charge in [-0.3, -0.25) is 4.98 Å². The monoisotopic (exact) mass is 520 g/mol. The first-order chi connectivity index (χ1) is 17.6. The van der Waals surface area contributed by atoms with Crippen LogP contribution in [-0.4, -0.2) is 53.3 Å². The molecule has 0 saturated heterocycles. The number of imidazole rings is 1. The molecular formula is C28H32N4O4S. The summed E-state index contributed by atoms with van der Waals surface area (Å²) >= 11 is 0. The smallest absolute Gasteiger partial charge is 0.338 e. The Morgan fingerprint density at radius 1 is 1.05 bits per heavy atom. The Kier molecular flexibility index (Phi) is 8.04. The summed E-state index contributed by atoms with van der Waals surface area (Å²) in [6.45, 7) is 5.89. The summed E-state index contributed by atoms with van der Waals surface area (Å²) in [5.41, 5.74) is 3.93. The summed E-state index contributed by atoms with van der Waals surface area (Å²) in [6.07, 6.45) is 2.82. The minimum atomic E-state index is -3.81. The molecule has 0 aliphatic carbocycles. The van der Waals surface area contributed by atoms with E-state index in [9.17, 15) is 13.2 Å². The Balaban J connectivity index is 1.49. The number of aromatic nitrogens is 3. The van der Waals surface area contributed by atoms with Gasteiger partial charge in [0.1, 0.15) is 17.9 Å². The van der Waals surface area contributed by atoms with Gasteiger partial charge in [-0.2, -0.15) is 4.31 Å². The number of esters is 1. The number of nitrogens with zero attached hydrogens (tertiary/aromatic N) is 3. The maximum Gasteiger partial charge on any atom is 0.338 e. The van der Waals surface area contributed by atoms with E-state index in [1.807, 2.05) is 32.9 Å². The molecule has 1 N–H and O–H groups in total. The molecule has 0 aliphatic heterocycles. The largest absolute Gasteiger partial charge is 0.460 e. The van der Waals surface area contributed by atoms with Gasteiger partial charge >= 0.3 is 5.97 Å². The third-order valence-corrected chi connectivity index (χ3v) is 8.17. The number of H-pyrrole nitrogens is 1. The summed E-state index contributed by atoms with van der Waals surface area (Å²) in [7, 11) is -2.27. The molecule has 8 nitrogen and oxygen atoms in total. The molecule has 0 aliphatic rings. The number of pyridine rings is 1. The zero-order valence-corrected chi connectivity index (χ0v) is 22.3. The van der Waals surface area contributed by atoms with E-state index >= 15 is 0 Å². The minimum absolute atomic E-state index is 0.0293. The molecule has 0 fully saturated rings. The van der Waals surface area contributed by atoms with Gasteiger partial charge in [0, 0.05) is 19.7 Å². The standard InChI is InChI=1S/C28H32N4O4S/c1-19(2)16-23(18-36-28(33)22-8-6-5-7-9-22)32(4)37(34,35)24-12-10-21(11-13-24)17-26-27-25(14-15-29-26)30-20(3)31-27/h5-15,19,23H,16-18H2,1-4H3,(H,30,31)/t23-/m0/s1. The molecule has 194 valence electrons. The Bertz CT molecular complexity index is 1470. The van der Waals surface area contributed by atoms with Crippen LogP contribution in [0.2, 0.25) is 0 Å². The normalized spacial score (nSPS) is 12.8. The van der Waals surface area contributed by atoms with Gasteiger partial charge in [0.2, 0.25) is 10.0 Å². The Morgan fingerprint density at radius 2 is 1.76 bits per heavy atom. The average Bonchev–Trinajstić information content (AvgIpc) is 3.28. The fourth-order valence-corrected chi connectivity index (χ4v) is 5.63. The zero-order chi connectivity index (χ0) is 26.6. The van der Waals surface area contributed by atoms with E-state index in [4.69, 9.17) is 4.74 Å². The molecule has 0 radical (unpaired) electrons. The second-order valence-electron chi connectivity index (χ2n) is 9.57. The van der Waals surface area contributed by atoms with Gasteiger partial charge in [-0.1, -0.05) is 44.2 Å². The highest BCUT2D eigenvalue weighted by atomic mass is 32.2. The van der Waals surface area contributed by atoms with E-state index in [-0.39, 0.29) is 17.4 Å². The SMILES string of the molecule is Cc1nc2c(Cc3ccc(S(=O)(=O)N(C)[C@H](COC(=O)c4ccccc4)CC(C)C)cc3)nccc2[nH]1. The number of carbonyl (C=O) groups excluding carboxylic acids is 1. The maximum atomic E-state index is 13.5. The third kappa shape index (κ3) is 6.23. The van der Waals surface area contributed by atoms with Crippen LogP contribution in [0.4, 0.5) is 0 Å². The number of ether oxygens (including phenoxy) is 1. The van der Waals surface area contributed by atoms with Crippen LogP contribution in [-0.2, 0) is 21.2 Å². The molecule has 9 heteroatoms. The van der Waals surface area contributed by atoms with Crippen molar-refractivity contribution in [3.8, 4) is 0 Å². The molecule has 4 aromatic rings. The van der Waals surface area contributed by atoms with Gasteiger partial charge in [-0.15, -0.1) is 0 Å². The van der Waals surface area contributed by atoms with Crippen LogP contribution >= 0.6 is 0 Å². The second-order valence-corrected chi connectivity index (χ2v) is 11.6. The predicted molar refractivity (Wildman–Crippen MR) is 143 cm³/mol. The van der Waals surface area contributed by atoms with Crippen molar-refractivity contribution in [2.24, 2.45) is 5.92 Å². The van der Waals surface area contributed by atoms with Crippen LogP contribution in [0.15, 0.2) is 71.8 Å². The fraction of sp³-hybridized carbons (Fsp3) is 0.321. The first-order valence-electron chi connectivity index (χ1n) is 12.2. The van der Waals surface area contributed by atoms with E-state index in [1.54, 1.807) is 54.7 Å². The molecule has 0 unspecified atom stereocenters. The quantitative estimate of drug-likeness (QED) is 0.303. The van der Waals surface area contributed by atoms with Crippen molar-refractivity contribution in [2.45, 2.75) is 44.6 Å². The lowest BCUT2D eigenvalue weighted by Gasteiger charge is -2.28. The summed E-state index contributed by atoms with van der Waals surface area (Å²) in [6, 6.07) is 16.9. The summed E-state index contributed by atoms with van der Waals surface area (Å²) in [4.78, 5) is 24.8. The van der Waals surface area contributed by atoms with Gasteiger partial charge in [0.15, 0.2) is 0 Å². The van der Waals surface area contributed by atoms with Crippen LogP contribution in [0, 0.1) is 12.8 Å². The molecule has 2 aromatic heterocycles. The number of carbonyl (C=O) groups is 1. The maximum absolute atomic E-state index is 13.5. The second kappa shape index (κ2) is 11.2. The zero-order valence-electron chi connectivity index (χ0n) is 21.5. The number of rotatable bonds is 10. The lowest BCUT2D eigenvalue weighted by atomic mass is 10.0. The minimum Gasteiger partial charge on any atom is -0.460 e. The van der Waals surface area contributed by atoms with Crippen LogP contribution in [0.3, 0.4) is 0 Å². The van der Waals surface area contributed by atoms with E-state index in [0.717, 1.165) is 28.1 Å². The lowest BCUT2D eigenvalue weighted by Crippen LogP contribution is -2.41. The van der Waals surface area contributed by atoms with Gasteiger partial charge in [0.25, 0.3) is 0 Å². The van der Waals surface area contributed by atoms with E-state index in [1.165, 1.54) is 11.4 Å². The summed E-state index contributed by atoms with van der Waals surface area (Å²) in [5.74, 6) is 0.556. The molecule has 0 spiro atoms. The van der Waals surface area contributed by atoms with E-state index in [0.29, 0.717) is 18.4 Å². The van der Waals surface area contributed by atoms with Crippen LogP contribution in [0.1, 0.15) is 47.7 Å². The highest BCUT2D eigenvalue weighted by Gasteiger charge is 2.30. The summed E-state index contributed by atoms with van der Waals surface area (Å²) < 4.78 is 33.8. The topological polar surface area (TPSA) is 105 Å². The molecule has 1 atom stereocenters. The number of fused-ring (bicyclic) bond motifs is 1. The van der Waals surface area contributed by atoms with Crippen LogP contribution in [0.25, 0.3) is 11.0 Å². The van der Waals surface area contributed by atoms with Gasteiger partial charge in [0.05, 0.1) is 27.7 Å². The number of nitrogens with one attached hydrogen (secondary N) is 1. The molecule has 0 amide bonds. The van der Waals surface area contributed by atoms with Gasteiger partial charge in [-0.25, -0.2) is 18.2 Å². The molecule has 0 saturated carbocycles. The van der Waals surface area contributed by atoms with Crippen molar-refractivity contribution in [1.82, 2.24) is 19.3 Å². The van der Waals surface area contributed by atoms with Crippen molar-refractivity contribution in [3.05, 3.63) is 89.5 Å². The predicted octanol–water partition coefficient (Wildman–Crippen LogP) is 4.75. The average molecular weight is 521 g/mol. The number of likely N-dealkylation sites (N-methyl/N-ethyl adjacent to an activating group) is 1. The first kappa shape index (κ1) is 26.5. The van der Waals surface area contributed by atoms with Gasteiger partial charge < -0.3 is 9.72 Å². The number of hydrogen-bond acceptors (Lipinski definition) is 6. The molecule has 2 aromatic carbocycles. The molecule has 0 bridgehead atoms. The van der Waals surface area contributed by atoms with Crippen molar-refractivity contribution >= 4 is 27.0 Å². The third-order valence-electron chi connectivity index (χ3n) is 6.24. The molecule has 4 rings (SSSR count). The Morgan fingerprint density at radius 3 is 2.43 bits per heavy atom. The van der Waals surface area contributed by atoms with Gasteiger partial charge in [-0.05, 0) is 55.2 Å². The Hall–Kier alpha value is -3.56. The van der Waals surface area contributed by atoms with Crippen LogP contribution in [0.5, 0.6) is 0 Å². The van der Waals surface area contributed by atoms with Crippen molar-refractivity contribution in [2.75, 3.05) is 13.7 Å². The van der Waals surface area contributed by atoms with E-state index in [2.05, 4.69) is 15.0 Å². The van der Waals surface area contributed by atoms with E-state index < -0.39 is 22.0 Å². The van der Waals surface area contributed by atoms with Crippen LogP contribution < -0.4 is 0 Å². The first-order valence-corrected chi connectivity index (χ1v) is 13.7. The van der Waals surface area contributed by atoms with Crippen molar-refractivity contribution in [1.29, 1.82) is 0 Å². The molecule has 37 heavy (non-hydrogen) atoms. The van der Waals surface area contributed by atoms with Crippen molar-refractivity contribution in [3.63, 3.8) is 0 Å². The van der Waals surface area contributed by atoms with Crippen molar-refractivity contribution < 1.29 is 17.9 Å². The lowest BCUT2D eigenvalue weighted by molar-refractivity contribution is 0.0415. The molecular weight excluding hydrogens is 488 g/mol. The highest BCUT2D eigenvalue weighted by molar-refractivity contribution is 7.89. The number of hydrogen-bond donors (Lipinski definition) is 1. The molecule has 2 heterocycles. The summed E-state index contributed by atoms with van der Waals surface area (Å²) in [5, 5.41) is 0. The number of aryl methyl sites for hydroxylation is 1. The number of benzene rings is 2. The number of sulfonamides is 1.